The number of hydrogen-bond donors (Lipinski definition) is 3. The summed E-state index contributed by atoms with van der Waals surface area (Å²) in [5, 5.41) is 5.07. The maximum atomic E-state index is 11.7. The average Bonchev–Trinajstić information content (AvgIpc) is 2.34. The first-order chi connectivity index (χ1) is 9.40. The van der Waals surface area contributed by atoms with Gasteiger partial charge in [0, 0.05) is 16.2 Å². The monoisotopic (exact) mass is 343 g/mol. The van der Waals surface area contributed by atoms with Gasteiger partial charge in [-0.05, 0) is 26.0 Å². The lowest BCUT2D eigenvalue weighted by Gasteiger charge is -2.12. The first kappa shape index (κ1) is 16.5. The normalized spacial score (nSPS) is 10.2. The number of ether oxygens (including phenoxy) is 1. The fourth-order valence-electron chi connectivity index (χ4n) is 1.43. The van der Waals surface area contributed by atoms with Gasteiger partial charge in [-0.25, -0.2) is 0 Å². The third kappa shape index (κ3) is 6.03. The summed E-state index contributed by atoms with van der Waals surface area (Å²) in [4.78, 5) is 22.6. The van der Waals surface area contributed by atoms with Crippen LogP contribution in [0.3, 0.4) is 0 Å². The summed E-state index contributed by atoms with van der Waals surface area (Å²) in [6.07, 6.45) is 0.0386. The molecule has 7 heteroatoms. The Morgan fingerprint density at radius 1 is 1.30 bits per heavy atom. The van der Waals surface area contributed by atoms with Crippen LogP contribution in [-0.4, -0.2) is 31.0 Å². The lowest BCUT2D eigenvalue weighted by atomic mass is 10.3. The molecule has 0 saturated heterocycles. The van der Waals surface area contributed by atoms with E-state index < -0.39 is 0 Å². The lowest BCUT2D eigenvalue weighted by molar-refractivity contribution is -0.123. The van der Waals surface area contributed by atoms with Gasteiger partial charge in [0.05, 0.1) is 19.2 Å². The molecule has 1 aromatic rings. The third-order valence-electron chi connectivity index (χ3n) is 2.16. The molecule has 1 rings (SSSR count). The number of rotatable bonds is 6. The molecule has 6 nitrogen and oxygen atoms in total. The Labute approximate surface area is 126 Å². The molecule has 110 valence electrons. The van der Waals surface area contributed by atoms with Gasteiger partial charge in [0.2, 0.25) is 11.8 Å². The molecule has 0 atom stereocenters. The minimum absolute atomic E-state index is 0.0386. The van der Waals surface area contributed by atoms with Gasteiger partial charge < -0.3 is 21.1 Å². The van der Waals surface area contributed by atoms with E-state index in [9.17, 15) is 9.59 Å². The molecular weight excluding hydrogens is 326 g/mol. The van der Waals surface area contributed by atoms with Crippen molar-refractivity contribution >= 4 is 33.4 Å². The second-order valence-corrected chi connectivity index (χ2v) is 5.29. The van der Waals surface area contributed by atoms with Gasteiger partial charge >= 0.3 is 0 Å². The molecule has 0 spiro atoms. The van der Waals surface area contributed by atoms with E-state index in [2.05, 4.69) is 26.6 Å². The highest BCUT2D eigenvalue weighted by molar-refractivity contribution is 9.10. The molecule has 1 aromatic carbocycles. The van der Waals surface area contributed by atoms with Crippen molar-refractivity contribution in [2.75, 3.05) is 18.4 Å². The summed E-state index contributed by atoms with van der Waals surface area (Å²) < 4.78 is 6.35. The van der Waals surface area contributed by atoms with Crippen LogP contribution in [0.4, 0.5) is 5.69 Å². The van der Waals surface area contributed by atoms with Crippen LogP contribution in [0.5, 0.6) is 5.75 Å². The Morgan fingerprint density at radius 3 is 2.60 bits per heavy atom. The van der Waals surface area contributed by atoms with Crippen LogP contribution >= 0.6 is 15.9 Å². The van der Waals surface area contributed by atoms with E-state index in [1.807, 2.05) is 19.9 Å². The summed E-state index contributed by atoms with van der Waals surface area (Å²) in [7, 11) is 0. The molecule has 0 bridgehead atoms. The summed E-state index contributed by atoms with van der Waals surface area (Å²) >= 11 is 3.35. The summed E-state index contributed by atoms with van der Waals surface area (Å²) in [5.74, 6) is -0.0608. The lowest BCUT2D eigenvalue weighted by Crippen LogP contribution is -2.36. The highest BCUT2D eigenvalue weighted by Gasteiger charge is 2.07. The molecule has 2 amide bonds. The number of amides is 2. The molecule has 0 heterocycles. The number of carbonyl (C=O) groups excluding carboxylic acids is 2. The highest BCUT2D eigenvalue weighted by atomic mass is 79.9. The van der Waals surface area contributed by atoms with Crippen LogP contribution in [0.2, 0.25) is 0 Å². The van der Waals surface area contributed by atoms with Crippen LogP contribution in [0.15, 0.2) is 22.7 Å². The standard InChI is InChI=1S/C13H18BrN3O3/c1-8(2)20-11-4-9(14)3-10(5-11)17-13(19)7-16-12(18)6-15/h3-5,8H,6-7,15H2,1-2H3,(H,16,18)(H,17,19). The first-order valence-corrected chi connectivity index (χ1v) is 6.94. The smallest absolute Gasteiger partial charge is 0.243 e. The molecule has 0 aliphatic heterocycles. The van der Waals surface area contributed by atoms with Crippen molar-refractivity contribution in [3.05, 3.63) is 22.7 Å². The zero-order valence-electron chi connectivity index (χ0n) is 11.4. The van der Waals surface area contributed by atoms with E-state index in [1.54, 1.807) is 12.1 Å². The highest BCUT2D eigenvalue weighted by Crippen LogP contribution is 2.25. The van der Waals surface area contributed by atoms with E-state index in [0.717, 1.165) is 4.47 Å². The van der Waals surface area contributed by atoms with E-state index in [0.29, 0.717) is 11.4 Å². The number of halogens is 1. The van der Waals surface area contributed by atoms with Gasteiger partial charge in [-0.1, -0.05) is 15.9 Å². The summed E-state index contributed by atoms with van der Waals surface area (Å²) in [6.45, 7) is 3.57. The zero-order chi connectivity index (χ0) is 15.1. The van der Waals surface area contributed by atoms with Crippen molar-refractivity contribution in [1.82, 2.24) is 5.32 Å². The topological polar surface area (TPSA) is 93.5 Å². The maximum absolute atomic E-state index is 11.7. The van der Waals surface area contributed by atoms with Gasteiger partial charge in [0.15, 0.2) is 0 Å². The molecule has 0 aliphatic rings. The molecule has 0 fully saturated rings. The Hall–Kier alpha value is -1.60. The fourth-order valence-corrected chi connectivity index (χ4v) is 1.90. The molecule has 4 N–H and O–H groups in total. The van der Waals surface area contributed by atoms with Gasteiger partial charge in [-0.2, -0.15) is 0 Å². The summed E-state index contributed by atoms with van der Waals surface area (Å²) in [6, 6.07) is 5.27. The number of nitrogens with two attached hydrogens (primary N) is 1. The predicted molar refractivity (Wildman–Crippen MR) is 80.6 cm³/mol. The zero-order valence-corrected chi connectivity index (χ0v) is 13.0. The Kier molecular flexibility index (Phi) is 6.47. The third-order valence-corrected chi connectivity index (χ3v) is 2.62. The number of carbonyl (C=O) groups is 2. The van der Waals surface area contributed by atoms with Crippen molar-refractivity contribution in [1.29, 1.82) is 0 Å². The van der Waals surface area contributed by atoms with Gasteiger partial charge in [-0.15, -0.1) is 0 Å². The Bertz CT molecular complexity index is 492. The van der Waals surface area contributed by atoms with Gasteiger partial charge in [-0.3, -0.25) is 9.59 Å². The van der Waals surface area contributed by atoms with Crippen LogP contribution in [-0.2, 0) is 9.59 Å². The van der Waals surface area contributed by atoms with E-state index >= 15 is 0 Å². The van der Waals surface area contributed by atoms with Crippen molar-refractivity contribution < 1.29 is 14.3 Å². The molecule has 0 aliphatic carbocycles. The second-order valence-electron chi connectivity index (χ2n) is 4.37. The number of benzene rings is 1. The van der Waals surface area contributed by atoms with E-state index in [1.165, 1.54) is 0 Å². The molecule has 20 heavy (non-hydrogen) atoms. The van der Waals surface area contributed by atoms with Crippen LogP contribution in [0.1, 0.15) is 13.8 Å². The SMILES string of the molecule is CC(C)Oc1cc(Br)cc(NC(=O)CNC(=O)CN)c1. The fraction of sp³-hybridized carbons (Fsp3) is 0.385. The van der Waals surface area contributed by atoms with E-state index in [4.69, 9.17) is 10.5 Å². The number of nitrogens with one attached hydrogen (secondary N) is 2. The van der Waals surface area contributed by atoms with Crippen LogP contribution in [0.25, 0.3) is 0 Å². The van der Waals surface area contributed by atoms with Crippen molar-refractivity contribution in [3.63, 3.8) is 0 Å². The maximum Gasteiger partial charge on any atom is 0.243 e. The Morgan fingerprint density at radius 2 is 2.00 bits per heavy atom. The number of anilines is 1. The molecular formula is C13H18BrN3O3. The van der Waals surface area contributed by atoms with Gasteiger partial charge in [0.1, 0.15) is 5.75 Å². The molecule has 0 radical (unpaired) electrons. The predicted octanol–water partition coefficient (Wildman–Crippen LogP) is 1.25. The minimum atomic E-state index is -0.377. The minimum Gasteiger partial charge on any atom is -0.491 e. The summed E-state index contributed by atoms with van der Waals surface area (Å²) in [5.41, 5.74) is 5.72. The molecule has 0 unspecified atom stereocenters. The van der Waals surface area contributed by atoms with Crippen molar-refractivity contribution in [2.24, 2.45) is 5.73 Å². The Balaban J connectivity index is 2.64. The largest absolute Gasteiger partial charge is 0.491 e. The molecule has 0 saturated carbocycles. The van der Waals surface area contributed by atoms with Crippen molar-refractivity contribution in [2.45, 2.75) is 20.0 Å². The van der Waals surface area contributed by atoms with Crippen LogP contribution < -0.4 is 21.1 Å². The number of hydrogen-bond acceptors (Lipinski definition) is 4. The quantitative estimate of drug-likeness (QED) is 0.724. The van der Waals surface area contributed by atoms with Crippen molar-refractivity contribution in [3.8, 4) is 5.75 Å². The van der Waals surface area contributed by atoms with E-state index in [-0.39, 0.29) is 31.0 Å². The molecule has 0 aromatic heterocycles. The second kappa shape index (κ2) is 7.86. The van der Waals surface area contributed by atoms with Crippen LogP contribution in [0, 0.1) is 0 Å². The van der Waals surface area contributed by atoms with Gasteiger partial charge in [0.25, 0.3) is 0 Å². The average molecular weight is 344 g/mol. The first-order valence-electron chi connectivity index (χ1n) is 6.14.